The molecular formula is C8H8ClNO3. The Balaban J connectivity index is 3.08. The fourth-order valence-electron chi connectivity index (χ4n) is 0.900. The van der Waals surface area contributed by atoms with Crippen LogP contribution < -0.4 is 5.73 Å². The van der Waals surface area contributed by atoms with Gasteiger partial charge in [0.25, 0.3) is 0 Å². The molecule has 1 amide bonds. The van der Waals surface area contributed by atoms with E-state index in [1.165, 1.54) is 12.1 Å². The van der Waals surface area contributed by atoms with Crippen molar-refractivity contribution in [2.45, 2.75) is 5.38 Å². The van der Waals surface area contributed by atoms with Crippen LogP contribution in [-0.4, -0.2) is 16.1 Å². The highest BCUT2D eigenvalue weighted by Crippen LogP contribution is 2.31. The maximum atomic E-state index is 10.7. The third-order valence-electron chi connectivity index (χ3n) is 1.54. The number of aromatic hydroxyl groups is 2. The lowest BCUT2D eigenvalue weighted by Gasteiger charge is -2.07. The number of amides is 1. The summed E-state index contributed by atoms with van der Waals surface area (Å²) in [5, 5.41) is 17.1. The summed E-state index contributed by atoms with van der Waals surface area (Å²) in [6.07, 6.45) is 0. The van der Waals surface area contributed by atoms with E-state index in [4.69, 9.17) is 22.4 Å². The molecule has 0 aliphatic carbocycles. The first kappa shape index (κ1) is 9.67. The number of alkyl halides is 1. The fourth-order valence-corrected chi connectivity index (χ4v) is 1.08. The number of carbonyl (C=O) groups excluding carboxylic acids is 1. The van der Waals surface area contributed by atoms with E-state index >= 15 is 0 Å². The summed E-state index contributed by atoms with van der Waals surface area (Å²) in [5.74, 6) is -1.10. The van der Waals surface area contributed by atoms with Crippen molar-refractivity contribution in [2.24, 2.45) is 5.73 Å². The van der Waals surface area contributed by atoms with Crippen molar-refractivity contribution in [3.8, 4) is 11.5 Å². The van der Waals surface area contributed by atoms with Crippen LogP contribution in [0.3, 0.4) is 0 Å². The molecule has 1 unspecified atom stereocenters. The Hall–Kier alpha value is -1.42. The minimum absolute atomic E-state index is 0.102. The second kappa shape index (κ2) is 3.53. The summed E-state index contributed by atoms with van der Waals surface area (Å²) >= 11 is 5.58. The van der Waals surface area contributed by atoms with Crippen molar-refractivity contribution >= 4 is 17.5 Å². The van der Waals surface area contributed by atoms with Gasteiger partial charge in [-0.05, 0) is 12.1 Å². The number of primary amides is 1. The Morgan fingerprint density at radius 3 is 2.54 bits per heavy atom. The highest BCUT2D eigenvalue weighted by Gasteiger charge is 2.17. The summed E-state index contributed by atoms with van der Waals surface area (Å²) in [5.41, 5.74) is 5.12. The lowest BCUT2D eigenvalue weighted by molar-refractivity contribution is -0.117. The van der Waals surface area contributed by atoms with Crippen molar-refractivity contribution in [3.63, 3.8) is 0 Å². The molecule has 1 aromatic carbocycles. The van der Waals surface area contributed by atoms with E-state index in [1.807, 2.05) is 0 Å². The smallest absolute Gasteiger partial charge is 0.240 e. The summed E-state index contributed by atoms with van der Waals surface area (Å²) in [6, 6.07) is 3.74. The molecule has 0 aliphatic rings. The van der Waals surface area contributed by atoms with Crippen LogP contribution in [0.4, 0.5) is 0 Å². The number of rotatable bonds is 2. The van der Waals surface area contributed by atoms with E-state index in [0.717, 1.165) is 6.07 Å². The summed E-state index contributed by atoms with van der Waals surface area (Å²) in [4.78, 5) is 10.7. The molecule has 0 aliphatic heterocycles. The third kappa shape index (κ3) is 2.03. The lowest BCUT2D eigenvalue weighted by atomic mass is 10.1. The van der Waals surface area contributed by atoms with E-state index in [0.29, 0.717) is 0 Å². The summed E-state index contributed by atoms with van der Waals surface area (Å²) in [7, 11) is 0. The van der Waals surface area contributed by atoms with Gasteiger partial charge >= 0.3 is 0 Å². The third-order valence-corrected chi connectivity index (χ3v) is 1.99. The molecule has 0 saturated heterocycles. The predicted molar refractivity (Wildman–Crippen MR) is 47.6 cm³/mol. The quantitative estimate of drug-likeness (QED) is 0.621. The van der Waals surface area contributed by atoms with E-state index in [2.05, 4.69) is 0 Å². The Bertz CT molecular complexity index is 340. The van der Waals surface area contributed by atoms with E-state index in [9.17, 15) is 9.90 Å². The van der Waals surface area contributed by atoms with Crippen molar-refractivity contribution < 1.29 is 15.0 Å². The molecule has 4 N–H and O–H groups in total. The van der Waals surface area contributed by atoms with Gasteiger partial charge in [0.15, 0.2) is 0 Å². The molecule has 1 rings (SSSR count). The van der Waals surface area contributed by atoms with Crippen LogP contribution in [0.15, 0.2) is 18.2 Å². The van der Waals surface area contributed by atoms with E-state index < -0.39 is 11.3 Å². The molecule has 0 bridgehead atoms. The zero-order chi connectivity index (χ0) is 10.0. The monoisotopic (exact) mass is 201 g/mol. The van der Waals surface area contributed by atoms with Gasteiger partial charge in [-0.15, -0.1) is 11.6 Å². The lowest BCUT2D eigenvalue weighted by Crippen LogP contribution is -2.16. The normalized spacial score (nSPS) is 12.4. The molecule has 1 atom stereocenters. The molecule has 1 aromatic rings. The van der Waals surface area contributed by atoms with Crippen LogP contribution in [0.5, 0.6) is 11.5 Å². The van der Waals surface area contributed by atoms with Gasteiger partial charge in [-0.25, -0.2) is 0 Å². The molecular weight excluding hydrogens is 194 g/mol. The standard InChI is InChI=1S/C8H8ClNO3/c9-7(8(10)13)5-2-1-4(11)3-6(5)12/h1-3,7,11-12H,(H2,10,13). The number of phenols is 2. The van der Waals surface area contributed by atoms with Crippen LogP contribution in [0, 0.1) is 0 Å². The van der Waals surface area contributed by atoms with Gasteiger partial charge in [0.1, 0.15) is 16.9 Å². The Morgan fingerprint density at radius 2 is 2.08 bits per heavy atom. The van der Waals surface area contributed by atoms with Crippen LogP contribution in [0.2, 0.25) is 0 Å². The minimum atomic E-state index is -1.08. The van der Waals surface area contributed by atoms with Gasteiger partial charge in [0.05, 0.1) is 0 Å². The molecule has 0 heterocycles. The number of hydrogen-bond acceptors (Lipinski definition) is 3. The first-order valence-corrected chi connectivity index (χ1v) is 3.91. The number of halogens is 1. The largest absolute Gasteiger partial charge is 0.508 e. The maximum Gasteiger partial charge on any atom is 0.240 e. The van der Waals surface area contributed by atoms with Crippen molar-refractivity contribution in [1.29, 1.82) is 0 Å². The molecule has 13 heavy (non-hydrogen) atoms. The second-order valence-electron chi connectivity index (χ2n) is 2.51. The maximum absolute atomic E-state index is 10.7. The predicted octanol–water partition coefficient (Wildman–Crippen LogP) is 0.863. The van der Waals surface area contributed by atoms with Crippen molar-refractivity contribution in [3.05, 3.63) is 23.8 Å². The van der Waals surface area contributed by atoms with Crippen LogP contribution >= 0.6 is 11.6 Å². The van der Waals surface area contributed by atoms with Crippen molar-refractivity contribution in [1.82, 2.24) is 0 Å². The SMILES string of the molecule is NC(=O)C(Cl)c1ccc(O)cc1O. The second-order valence-corrected chi connectivity index (χ2v) is 2.94. The topological polar surface area (TPSA) is 83.6 Å². The van der Waals surface area contributed by atoms with Crippen molar-refractivity contribution in [2.75, 3.05) is 0 Å². The number of nitrogens with two attached hydrogens (primary N) is 1. The van der Waals surface area contributed by atoms with Gasteiger partial charge in [-0.3, -0.25) is 4.79 Å². The number of benzene rings is 1. The molecule has 70 valence electrons. The first-order valence-electron chi connectivity index (χ1n) is 3.47. The summed E-state index contributed by atoms with van der Waals surface area (Å²) < 4.78 is 0. The molecule has 0 radical (unpaired) electrons. The average Bonchev–Trinajstić information content (AvgIpc) is 2.03. The molecule has 0 spiro atoms. The zero-order valence-corrected chi connectivity index (χ0v) is 7.32. The summed E-state index contributed by atoms with van der Waals surface area (Å²) in [6.45, 7) is 0. The molecule has 4 nitrogen and oxygen atoms in total. The van der Waals surface area contributed by atoms with Crippen LogP contribution in [-0.2, 0) is 4.79 Å². The molecule has 0 aromatic heterocycles. The zero-order valence-electron chi connectivity index (χ0n) is 6.57. The Kier molecular flexibility index (Phi) is 2.63. The van der Waals surface area contributed by atoms with Gasteiger partial charge < -0.3 is 15.9 Å². The Morgan fingerprint density at radius 1 is 1.46 bits per heavy atom. The van der Waals surface area contributed by atoms with E-state index in [-0.39, 0.29) is 17.1 Å². The van der Waals surface area contributed by atoms with E-state index in [1.54, 1.807) is 0 Å². The molecule has 0 saturated carbocycles. The molecule has 0 fully saturated rings. The highest BCUT2D eigenvalue weighted by atomic mass is 35.5. The van der Waals surface area contributed by atoms with Gasteiger partial charge in [-0.2, -0.15) is 0 Å². The number of carbonyl (C=O) groups is 1. The minimum Gasteiger partial charge on any atom is -0.508 e. The van der Waals surface area contributed by atoms with Crippen LogP contribution in [0.1, 0.15) is 10.9 Å². The average molecular weight is 202 g/mol. The number of phenolic OH excluding ortho intramolecular Hbond substituents is 2. The first-order chi connectivity index (χ1) is 6.02. The van der Waals surface area contributed by atoms with Gasteiger partial charge in [0.2, 0.25) is 5.91 Å². The molecule has 5 heteroatoms. The van der Waals surface area contributed by atoms with Gasteiger partial charge in [-0.1, -0.05) is 0 Å². The van der Waals surface area contributed by atoms with Gasteiger partial charge in [0, 0.05) is 11.6 Å². The Labute approximate surface area is 79.6 Å². The highest BCUT2D eigenvalue weighted by molar-refractivity contribution is 6.30. The number of hydrogen-bond donors (Lipinski definition) is 3. The fraction of sp³-hybridized carbons (Fsp3) is 0.125. The van der Waals surface area contributed by atoms with Crippen LogP contribution in [0.25, 0.3) is 0 Å².